The molecule has 6 heteroatoms. The molecule has 1 amide bonds. The van der Waals surface area contributed by atoms with Gasteiger partial charge in [0.15, 0.2) is 0 Å². The Labute approximate surface area is 124 Å². The van der Waals surface area contributed by atoms with Gasteiger partial charge in [-0.15, -0.1) is 11.3 Å². The number of rotatable bonds is 3. The molecule has 2 N–H and O–H groups in total. The molecule has 1 aliphatic rings. The molecular formula is C14H23N3O2S. The van der Waals surface area contributed by atoms with Gasteiger partial charge in [-0.3, -0.25) is 4.79 Å². The second-order valence-electron chi connectivity index (χ2n) is 6.45. The van der Waals surface area contributed by atoms with Gasteiger partial charge in [0.25, 0.3) is 5.91 Å². The maximum atomic E-state index is 12.6. The summed E-state index contributed by atoms with van der Waals surface area (Å²) in [5.41, 5.74) is 5.36. The summed E-state index contributed by atoms with van der Waals surface area (Å²) in [5.74, 6) is -0.0195. The minimum Gasteiger partial charge on any atom is -0.366 e. The van der Waals surface area contributed by atoms with Gasteiger partial charge in [-0.05, 0) is 34.2 Å². The Hall–Kier alpha value is -0.980. The fourth-order valence-corrected chi connectivity index (χ4v) is 3.53. The van der Waals surface area contributed by atoms with E-state index >= 15 is 0 Å². The minimum atomic E-state index is -0.340. The van der Waals surface area contributed by atoms with Gasteiger partial charge < -0.3 is 15.4 Å². The van der Waals surface area contributed by atoms with Crippen molar-refractivity contribution in [1.82, 2.24) is 9.88 Å². The van der Waals surface area contributed by atoms with Crippen molar-refractivity contribution in [3.05, 3.63) is 16.1 Å². The van der Waals surface area contributed by atoms with Crippen LogP contribution < -0.4 is 5.73 Å². The van der Waals surface area contributed by atoms with Crippen molar-refractivity contribution < 1.29 is 9.53 Å². The third kappa shape index (κ3) is 3.56. The lowest BCUT2D eigenvalue weighted by molar-refractivity contribution is -0.171. The first-order valence-corrected chi connectivity index (χ1v) is 7.74. The lowest BCUT2D eigenvalue weighted by atomic mass is 9.99. The zero-order valence-electron chi connectivity index (χ0n) is 12.6. The molecule has 1 aromatic heterocycles. The highest BCUT2D eigenvalue weighted by Gasteiger charge is 2.40. The summed E-state index contributed by atoms with van der Waals surface area (Å²) in [6.45, 7) is 9.76. The van der Waals surface area contributed by atoms with Crippen LogP contribution >= 0.6 is 11.3 Å². The number of thiazole rings is 1. The summed E-state index contributed by atoms with van der Waals surface area (Å²) in [4.78, 5) is 18.8. The molecule has 2 rings (SSSR count). The number of nitrogens with zero attached hydrogens (tertiary/aromatic N) is 2. The van der Waals surface area contributed by atoms with Crippen LogP contribution in [0.25, 0.3) is 0 Å². The van der Waals surface area contributed by atoms with Gasteiger partial charge in [0.2, 0.25) is 0 Å². The van der Waals surface area contributed by atoms with Crippen molar-refractivity contribution in [2.24, 2.45) is 5.73 Å². The maximum absolute atomic E-state index is 12.6. The third-order valence-corrected chi connectivity index (χ3v) is 4.02. The Morgan fingerprint density at radius 1 is 1.40 bits per heavy atom. The first-order chi connectivity index (χ1) is 9.22. The second-order valence-corrected chi connectivity index (χ2v) is 7.39. The van der Waals surface area contributed by atoms with Crippen molar-refractivity contribution in [2.75, 3.05) is 19.6 Å². The molecule has 112 valence electrons. The molecule has 0 aromatic carbocycles. The summed E-state index contributed by atoms with van der Waals surface area (Å²) >= 11 is 1.50. The van der Waals surface area contributed by atoms with Crippen LogP contribution in [-0.2, 0) is 11.2 Å². The van der Waals surface area contributed by atoms with Crippen LogP contribution in [-0.4, -0.2) is 46.6 Å². The van der Waals surface area contributed by atoms with E-state index in [1.807, 2.05) is 38.0 Å². The van der Waals surface area contributed by atoms with E-state index in [1.165, 1.54) is 11.3 Å². The first kappa shape index (κ1) is 15.4. The van der Waals surface area contributed by atoms with Crippen LogP contribution in [0.15, 0.2) is 5.38 Å². The molecule has 0 aliphatic carbocycles. The number of hydrogen-bond acceptors (Lipinski definition) is 5. The number of nitrogens with two attached hydrogens (primary N) is 1. The highest BCUT2D eigenvalue weighted by atomic mass is 32.1. The Kier molecular flexibility index (Phi) is 4.18. The Bertz CT molecular complexity index is 480. The summed E-state index contributed by atoms with van der Waals surface area (Å²) in [7, 11) is 0. The van der Waals surface area contributed by atoms with Crippen molar-refractivity contribution in [2.45, 2.75) is 45.3 Å². The molecule has 0 saturated carbocycles. The fourth-order valence-electron chi connectivity index (χ4n) is 2.74. The average Bonchev–Trinajstić information content (AvgIpc) is 2.73. The summed E-state index contributed by atoms with van der Waals surface area (Å²) in [5, 5.41) is 2.74. The lowest BCUT2D eigenvalue weighted by Gasteiger charge is -2.46. The van der Waals surface area contributed by atoms with Gasteiger partial charge in [-0.1, -0.05) is 0 Å². The van der Waals surface area contributed by atoms with E-state index in [1.54, 1.807) is 0 Å². The van der Waals surface area contributed by atoms with Crippen molar-refractivity contribution in [1.29, 1.82) is 0 Å². The van der Waals surface area contributed by atoms with Crippen LogP contribution in [0.2, 0.25) is 0 Å². The molecule has 1 aliphatic heterocycles. The van der Waals surface area contributed by atoms with Gasteiger partial charge in [0.1, 0.15) is 5.69 Å². The Balaban J connectivity index is 2.15. The molecule has 0 spiro atoms. The van der Waals surface area contributed by atoms with E-state index < -0.39 is 0 Å². The van der Waals surface area contributed by atoms with Gasteiger partial charge in [-0.25, -0.2) is 4.98 Å². The molecule has 0 bridgehead atoms. The third-order valence-electron chi connectivity index (χ3n) is 3.11. The molecule has 0 atom stereocenters. The zero-order valence-corrected chi connectivity index (χ0v) is 13.4. The van der Waals surface area contributed by atoms with Crippen LogP contribution in [0.4, 0.5) is 0 Å². The number of ether oxygens (including phenoxy) is 1. The Morgan fingerprint density at radius 2 is 2.00 bits per heavy atom. The Morgan fingerprint density at radius 3 is 2.55 bits per heavy atom. The predicted octanol–water partition coefficient (Wildman–Crippen LogP) is 1.67. The largest absolute Gasteiger partial charge is 0.366 e. The van der Waals surface area contributed by atoms with E-state index in [0.29, 0.717) is 25.3 Å². The standard InChI is InChI=1S/C14H23N3O2S/c1-13(2)8-17(9-14(3,4)19-13)12(18)10-7-20-11(16-10)5-6-15/h7H,5-6,8-9,15H2,1-4H3. The molecular weight excluding hydrogens is 274 g/mol. The number of morpholine rings is 1. The molecule has 1 fully saturated rings. The van der Waals surface area contributed by atoms with E-state index in [4.69, 9.17) is 10.5 Å². The SMILES string of the molecule is CC1(C)CN(C(=O)c2csc(CCN)n2)CC(C)(C)O1. The average molecular weight is 297 g/mol. The predicted molar refractivity (Wildman–Crippen MR) is 80.0 cm³/mol. The van der Waals surface area contributed by atoms with E-state index in [2.05, 4.69) is 4.98 Å². The van der Waals surface area contributed by atoms with Crippen molar-refractivity contribution in [3.8, 4) is 0 Å². The lowest BCUT2D eigenvalue weighted by Crippen LogP contribution is -2.58. The molecule has 2 heterocycles. The molecule has 0 radical (unpaired) electrons. The topological polar surface area (TPSA) is 68.5 Å². The number of aromatic nitrogens is 1. The van der Waals surface area contributed by atoms with Crippen molar-refractivity contribution >= 4 is 17.2 Å². The van der Waals surface area contributed by atoms with E-state index in [0.717, 1.165) is 11.4 Å². The highest BCUT2D eigenvalue weighted by molar-refractivity contribution is 7.09. The summed E-state index contributed by atoms with van der Waals surface area (Å²) in [6, 6.07) is 0. The normalized spacial score (nSPS) is 20.9. The van der Waals surface area contributed by atoms with Gasteiger partial charge in [0.05, 0.1) is 16.2 Å². The highest BCUT2D eigenvalue weighted by Crippen LogP contribution is 2.29. The number of hydrogen-bond donors (Lipinski definition) is 1. The quantitative estimate of drug-likeness (QED) is 0.921. The van der Waals surface area contributed by atoms with Crippen LogP contribution in [0.5, 0.6) is 0 Å². The summed E-state index contributed by atoms with van der Waals surface area (Å²) < 4.78 is 5.99. The number of amides is 1. The maximum Gasteiger partial charge on any atom is 0.273 e. The van der Waals surface area contributed by atoms with Crippen molar-refractivity contribution in [3.63, 3.8) is 0 Å². The fraction of sp³-hybridized carbons (Fsp3) is 0.714. The number of carbonyl (C=O) groups excluding carboxylic acids is 1. The van der Waals surface area contributed by atoms with Gasteiger partial charge in [0, 0.05) is 24.9 Å². The van der Waals surface area contributed by atoms with Gasteiger partial charge in [-0.2, -0.15) is 0 Å². The zero-order chi connectivity index (χ0) is 15.0. The van der Waals surface area contributed by atoms with Crippen LogP contribution in [0, 0.1) is 0 Å². The monoisotopic (exact) mass is 297 g/mol. The summed E-state index contributed by atoms with van der Waals surface area (Å²) in [6.07, 6.45) is 0.720. The van der Waals surface area contributed by atoms with E-state index in [-0.39, 0.29) is 17.1 Å². The molecule has 0 unspecified atom stereocenters. The molecule has 1 saturated heterocycles. The minimum absolute atomic E-state index is 0.0195. The van der Waals surface area contributed by atoms with Crippen LogP contribution in [0.3, 0.4) is 0 Å². The molecule has 20 heavy (non-hydrogen) atoms. The van der Waals surface area contributed by atoms with Gasteiger partial charge >= 0.3 is 0 Å². The second kappa shape index (κ2) is 5.42. The first-order valence-electron chi connectivity index (χ1n) is 6.86. The smallest absolute Gasteiger partial charge is 0.273 e. The molecule has 5 nitrogen and oxygen atoms in total. The number of carbonyl (C=O) groups is 1. The van der Waals surface area contributed by atoms with Crippen LogP contribution in [0.1, 0.15) is 43.2 Å². The molecule has 1 aromatic rings. The van der Waals surface area contributed by atoms with E-state index in [9.17, 15) is 4.79 Å².